The van der Waals surface area contributed by atoms with Crippen molar-refractivity contribution in [2.45, 2.75) is 46.1 Å². The molecule has 0 aromatic heterocycles. The van der Waals surface area contributed by atoms with Crippen molar-refractivity contribution in [1.29, 1.82) is 0 Å². The molecule has 0 saturated carbocycles. The van der Waals surface area contributed by atoms with Crippen molar-refractivity contribution in [2.75, 3.05) is 26.2 Å². The second-order valence-electron chi connectivity index (χ2n) is 5.81. The number of carbonyl (C=O) groups is 1. The van der Waals surface area contributed by atoms with Crippen LogP contribution < -0.4 is 5.32 Å². The van der Waals surface area contributed by atoms with Gasteiger partial charge in [0.15, 0.2) is 0 Å². The highest BCUT2D eigenvalue weighted by molar-refractivity contribution is 5.81. The molecule has 1 aliphatic rings. The summed E-state index contributed by atoms with van der Waals surface area (Å²) >= 11 is 0. The lowest BCUT2D eigenvalue weighted by atomic mass is 10.1. The fourth-order valence-corrected chi connectivity index (χ4v) is 2.43. The zero-order chi connectivity index (χ0) is 13.5. The molecule has 18 heavy (non-hydrogen) atoms. The van der Waals surface area contributed by atoms with Crippen LogP contribution in [0.2, 0.25) is 0 Å². The van der Waals surface area contributed by atoms with Crippen LogP contribution in [0.1, 0.15) is 40.0 Å². The van der Waals surface area contributed by atoms with Crippen LogP contribution >= 0.6 is 0 Å². The Hall–Kier alpha value is -0.610. The molecule has 0 aliphatic carbocycles. The number of aliphatic hydroxyl groups is 1. The summed E-state index contributed by atoms with van der Waals surface area (Å²) in [6.07, 6.45) is 2.99. The van der Waals surface area contributed by atoms with E-state index < -0.39 is 0 Å². The average molecular weight is 256 g/mol. The predicted octanol–water partition coefficient (Wildman–Crippen LogP) is 1.24. The summed E-state index contributed by atoms with van der Waals surface area (Å²) in [4.78, 5) is 14.2. The summed E-state index contributed by atoms with van der Waals surface area (Å²) in [5.74, 6) is 1.32. The highest BCUT2D eigenvalue weighted by atomic mass is 16.3. The van der Waals surface area contributed by atoms with Gasteiger partial charge >= 0.3 is 0 Å². The number of aliphatic hydroxyl groups excluding tert-OH is 1. The molecule has 106 valence electrons. The highest BCUT2D eigenvalue weighted by Crippen LogP contribution is 2.21. The van der Waals surface area contributed by atoms with E-state index in [0.717, 1.165) is 38.9 Å². The van der Waals surface area contributed by atoms with Crippen molar-refractivity contribution in [1.82, 2.24) is 10.2 Å². The zero-order valence-electron chi connectivity index (χ0n) is 12.0. The Morgan fingerprint density at radius 3 is 2.78 bits per heavy atom. The van der Waals surface area contributed by atoms with Gasteiger partial charge in [0.25, 0.3) is 0 Å². The third kappa shape index (κ3) is 4.94. The van der Waals surface area contributed by atoms with Gasteiger partial charge in [-0.15, -0.1) is 0 Å². The summed E-state index contributed by atoms with van der Waals surface area (Å²) in [6.45, 7) is 9.25. The molecule has 2 N–H and O–H groups in total. The quantitative estimate of drug-likeness (QED) is 0.720. The van der Waals surface area contributed by atoms with Crippen molar-refractivity contribution < 1.29 is 9.90 Å². The highest BCUT2D eigenvalue weighted by Gasteiger charge is 2.28. The monoisotopic (exact) mass is 256 g/mol. The Bertz CT molecular complexity index is 256. The number of hydrogen-bond donors (Lipinski definition) is 2. The van der Waals surface area contributed by atoms with Crippen LogP contribution in [0.4, 0.5) is 0 Å². The van der Waals surface area contributed by atoms with Gasteiger partial charge in [0.2, 0.25) is 5.91 Å². The van der Waals surface area contributed by atoms with E-state index in [9.17, 15) is 4.79 Å². The Kier molecular flexibility index (Phi) is 6.65. The molecule has 0 aromatic carbocycles. The van der Waals surface area contributed by atoms with Gasteiger partial charge in [-0.2, -0.15) is 0 Å². The number of rotatable bonds is 7. The Balaban J connectivity index is 2.27. The van der Waals surface area contributed by atoms with Crippen LogP contribution in [0.15, 0.2) is 0 Å². The molecule has 0 spiro atoms. The molecule has 1 heterocycles. The minimum absolute atomic E-state index is 0.0409. The van der Waals surface area contributed by atoms with E-state index in [-0.39, 0.29) is 18.6 Å². The normalized spacial score (nSPS) is 22.4. The minimum atomic E-state index is -0.0409. The van der Waals surface area contributed by atoms with Gasteiger partial charge in [0, 0.05) is 19.7 Å². The molecule has 2 atom stereocenters. The van der Waals surface area contributed by atoms with E-state index in [4.69, 9.17) is 5.11 Å². The van der Waals surface area contributed by atoms with Gasteiger partial charge in [0.1, 0.15) is 0 Å². The predicted molar refractivity (Wildman–Crippen MR) is 73.3 cm³/mol. The van der Waals surface area contributed by atoms with Gasteiger partial charge in [-0.1, -0.05) is 13.8 Å². The lowest BCUT2D eigenvalue weighted by Gasteiger charge is -2.23. The Labute approximate surface area is 111 Å². The molecule has 0 radical (unpaired) electrons. The number of carbonyl (C=O) groups excluding carboxylic acids is 1. The van der Waals surface area contributed by atoms with E-state index in [1.54, 1.807) is 0 Å². The maximum atomic E-state index is 12.0. The molecular formula is C14H28N2O2. The smallest absolute Gasteiger partial charge is 0.237 e. The van der Waals surface area contributed by atoms with Gasteiger partial charge < -0.3 is 10.4 Å². The molecular weight excluding hydrogens is 228 g/mol. The van der Waals surface area contributed by atoms with Crippen LogP contribution in [0, 0.1) is 11.8 Å². The van der Waals surface area contributed by atoms with Crippen LogP contribution in [-0.4, -0.2) is 48.2 Å². The molecule has 1 fully saturated rings. The molecule has 4 heteroatoms. The lowest BCUT2D eigenvalue weighted by Crippen LogP contribution is -2.44. The summed E-state index contributed by atoms with van der Waals surface area (Å²) < 4.78 is 0. The number of amides is 1. The van der Waals surface area contributed by atoms with Gasteiger partial charge in [-0.25, -0.2) is 0 Å². The first kappa shape index (κ1) is 15.4. The topological polar surface area (TPSA) is 52.6 Å². The van der Waals surface area contributed by atoms with Gasteiger partial charge in [-0.05, 0) is 44.6 Å². The Morgan fingerprint density at radius 1 is 1.44 bits per heavy atom. The second kappa shape index (κ2) is 7.74. The molecule has 0 aromatic rings. The Morgan fingerprint density at radius 2 is 2.17 bits per heavy atom. The van der Waals surface area contributed by atoms with Crippen molar-refractivity contribution in [3.8, 4) is 0 Å². The van der Waals surface area contributed by atoms with E-state index in [0.29, 0.717) is 11.8 Å². The van der Waals surface area contributed by atoms with Crippen molar-refractivity contribution in [3.63, 3.8) is 0 Å². The van der Waals surface area contributed by atoms with Crippen molar-refractivity contribution in [2.24, 2.45) is 11.8 Å². The first-order valence-electron chi connectivity index (χ1n) is 7.17. The van der Waals surface area contributed by atoms with E-state index in [2.05, 4.69) is 24.1 Å². The van der Waals surface area contributed by atoms with Gasteiger partial charge in [0.05, 0.1) is 6.04 Å². The molecule has 1 saturated heterocycles. The first-order valence-corrected chi connectivity index (χ1v) is 7.17. The van der Waals surface area contributed by atoms with Crippen LogP contribution in [-0.2, 0) is 4.79 Å². The maximum absolute atomic E-state index is 12.0. The third-order valence-corrected chi connectivity index (χ3v) is 3.80. The van der Waals surface area contributed by atoms with Crippen molar-refractivity contribution >= 4 is 5.91 Å². The summed E-state index contributed by atoms with van der Waals surface area (Å²) in [7, 11) is 0. The number of likely N-dealkylation sites (tertiary alicyclic amines) is 1. The first-order chi connectivity index (χ1) is 8.54. The number of nitrogens with one attached hydrogen (secondary N) is 1. The standard InChI is InChI=1S/C14H28N2O2/c1-11(2)4-7-15-14(18)12(3)16-8-5-13(10-16)6-9-17/h11-13,17H,4-10H2,1-3H3,(H,15,18). The molecule has 0 bridgehead atoms. The van der Waals surface area contributed by atoms with E-state index >= 15 is 0 Å². The minimum Gasteiger partial charge on any atom is -0.396 e. The van der Waals surface area contributed by atoms with E-state index in [1.165, 1.54) is 0 Å². The molecule has 1 aliphatic heterocycles. The van der Waals surface area contributed by atoms with Crippen molar-refractivity contribution in [3.05, 3.63) is 0 Å². The fourth-order valence-electron chi connectivity index (χ4n) is 2.43. The van der Waals surface area contributed by atoms with Crippen LogP contribution in [0.3, 0.4) is 0 Å². The molecule has 2 unspecified atom stereocenters. The largest absolute Gasteiger partial charge is 0.396 e. The zero-order valence-corrected chi connectivity index (χ0v) is 12.0. The van der Waals surface area contributed by atoms with Crippen LogP contribution in [0.25, 0.3) is 0 Å². The fraction of sp³-hybridized carbons (Fsp3) is 0.929. The number of hydrogen-bond acceptors (Lipinski definition) is 3. The average Bonchev–Trinajstić information content (AvgIpc) is 2.76. The molecule has 1 rings (SSSR count). The van der Waals surface area contributed by atoms with E-state index in [1.807, 2.05) is 6.92 Å². The number of nitrogens with zero attached hydrogens (tertiary/aromatic N) is 1. The lowest BCUT2D eigenvalue weighted by molar-refractivity contribution is -0.125. The second-order valence-corrected chi connectivity index (χ2v) is 5.81. The summed E-state index contributed by atoms with van der Waals surface area (Å²) in [6, 6.07) is -0.0409. The third-order valence-electron chi connectivity index (χ3n) is 3.80. The van der Waals surface area contributed by atoms with Crippen LogP contribution in [0.5, 0.6) is 0 Å². The summed E-state index contributed by atoms with van der Waals surface area (Å²) in [5.41, 5.74) is 0. The maximum Gasteiger partial charge on any atom is 0.237 e. The SMILES string of the molecule is CC(C)CCNC(=O)C(C)N1CCC(CCO)C1. The van der Waals surface area contributed by atoms with Gasteiger partial charge in [-0.3, -0.25) is 9.69 Å². The molecule has 1 amide bonds. The molecule has 4 nitrogen and oxygen atoms in total. The summed E-state index contributed by atoms with van der Waals surface area (Å²) in [5, 5.41) is 11.9.